The summed E-state index contributed by atoms with van der Waals surface area (Å²) in [5, 5.41) is -0.314. The number of carbonyl (C=O) groups is 1. The highest BCUT2D eigenvalue weighted by Crippen LogP contribution is 2.35. The molecule has 18 heavy (non-hydrogen) atoms. The van der Waals surface area contributed by atoms with Crippen LogP contribution in [0.1, 0.15) is 20.3 Å². The summed E-state index contributed by atoms with van der Waals surface area (Å²) in [6.07, 6.45) is 0.632. The molecule has 1 aromatic carbocycles. The second-order valence-electron chi connectivity index (χ2n) is 3.57. The normalized spacial score (nSPS) is 12.2. The van der Waals surface area contributed by atoms with Crippen molar-refractivity contribution in [2.75, 3.05) is 12.3 Å². The van der Waals surface area contributed by atoms with Gasteiger partial charge in [0.2, 0.25) is 0 Å². The fourth-order valence-electron chi connectivity index (χ4n) is 1.32. The number of hydrogen-bond donors (Lipinski definition) is 1. The van der Waals surface area contributed by atoms with Gasteiger partial charge >= 0.3 is 5.97 Å². The van der Waals surface area contributed by atoms with E-state index in [1.165, 1.54) is 23.9 Å². The van der Waals surface area contributed by atoms with Crippen molar-refractivity contribution in [2.45, 2.75) is 30.4 Å². The number of thioether (sulfide) groups is 1. The molecule has 6 heteroatoms. The van der Waals surface area contributed by atoms with E-state index in [4.69, 9.17) is 10.5 Å². The molecule has 0 spiro atoms. The van der Waals surface area contributed by atoms with Crippen molar-refractivity contribution in [3.05, 3.63) is 22.4 Å². The van der Waals surface area contributed by atoms with Crippen LogP contribution in [0.15, 0.2) is 21.5 Å². The van der Waals surface area contributed by atoms with E-state index < -0.39 is 5.82 Å². The summed E-state index contributed by atoms with van der Waals surface area (Å²) in [6, 6.07) is 2.82. The number of hydrogen-bond acceptors (Lipinski definition) is 4. The van der Waals surface area contributed by atoms with Gasteiger partial charge in [-0.3, -0.25) is 4.79 Å². The largest absolute Gasteiger partial charge is 0.465 e. The Kier molecular flexibility index (Phi) is 5.95. The Morgan fingerprint density at radius 3 is 2.78 bits per heavy atom. The van der Waals surface area contributed by atoms with Gasteiger partial charge in [-0.1, -0.05) is 6.92 Å². The van der Waals surface area contributed by atoms with Crippen LogP contribution in [0.4, 0.5) is 10.1 Å². The average molecular weight is 336 g/mol. The van der Waals surface area contributed by atoms with E-state index in [1.54, 1.807) is 6.92 Å². The smallest absolute Gasteiger partial charge is 0.319 e. The van der Waals surface area contributed by atoms with E-state index in [9.17, 15) is 9.18 Å². The van der Waals surface area contributed by atoms with Crippen LogP contribution in [0.3, 0.4) is 0 Å². The van der Waals surface area contributed by atoms with E-state index in [-0.39, 0.29) is 16.9 Å². The zero-order chi connectivity index (χ0) is 13.7. The minimum atomic E-state index is -0.476. The van der Waals surface area contributed by atoms with Crippen molar-refractivity contribution >= 4 is 39.3 Å². The molecule has 3 nitrogen and oxygen atoms in total. The van der Waals surface area contributed by atoms with Crippen LogP contribution >= 0.6 is 27.7 Å². The molecule has 2 N–H and O–H groups in total. The van der Waals surface area contributed by atoms with Crippen LogP contribution in [-0.4, -0.2) is 17.8 Å². The average Bonchev–Trinajstić information content (AvgIpc) is 2.32. The number of anilines is 1. The third kappa shape index (κ3) is 3.88. The van der Waals surface area contributed by atoms with Crippen LogP contribution in [0.5, 0.6) is 0 Å². The van der Waals surface area contributed by atoms with Gasteiger partial charge in [0.15, 0.2) is 0 Å². The fraction of sp³-hybridized carbons (Fsp3) is 0.417. The van der Waals surface area contributed by atoms with Crippen molar-refractivity contribution in [3.63, 3.8) is 0 Å². The predicted molar refractivity (Wildman–Crippen MR) is 75.1 cm³/mol. The molecule has 0 radical (unpaired) electrons. The van der Waals surface area contributed by atoms with Crippen molar-refractivity contribution in [1.29, 1.82) is 0 Å². The maximum absolute atomic E-state index is 13.2. The van der Waals surface area contributed by atoms with Gasteiger partial charge in [-0.2, -0.15) is 0 Å². The maximum Gasteiger partial charge on any atom is 0.319 e. The fourth-order valence-corrected chi connectivity index (χ4v) is 2.92. The maximum atomic E-state index is 13.2. The lowest BCUT2D eigenvalue weighted by Gasteiger charge is -2.14. The second-order valence-corrected chi connectivity index (χ2v) is 5.67. The molecule has 1 rings (SSSR count). The summed E-state index contributed by atoms with van der Waals surface area (Å²) in [5.74, 6) is -0.741. The minimum Gasteiger partial charge on any atom is -0.465 e. The summed E-state index contributed by atoms with van der Waals surface area (Å²) in [4.78, 5) is 12.4. The van der Waals surface area contributed by atoms with Crippen LogP contribution in [0.25, 0.3) is 0 Å². The Hall–Kier alpha value is -0.750. The van der Waals surface area contributed by atoms with Crippen LogP contribution in [0.2, 0.25) is 0 Å². The number of halogens is 2. The molecule has 1 aromatic rings. The summed E-state index contributed by atoms with van der Waals surface area (Å²) in [7, 11) is 0. The molecule has 0 heterocycles. The summed E-state index contributed by atoms with van der Waals surface area (Å²) < 4.78 is 18.8. The van der Waals surface area contributed by atoms with Crippen molar-refractivity contribution < 1.29 is 13.9 Å². The van der Waals surface area contributed by atoms with Crippen molar-refractivity contribution in [2.24, 2.45) is 0 Å². The Morgan fingerprint density at radius 1 is 1.56 bits per heavy atom. The highest BCUT2D eigenvalue weighted by molar-refractivity contribution is 9.10. The molecule has 0 aromatic heterocycles. The van der Waals surface area contributed by atoms with Gasteiger partial charge in [0.25, 0.3) is 0 Å². The van der Waals surface area contributed by atoms with Crippen LogP contribution < -0.4 is 5.73 Å². The Balaban J connectivity index is 2.88. The van der Waals surface area contributed by atoms with Gasteiger partial charge < -0.3 is 10.5 Å². The summed E-state index contributed by atoms with van der Waals surface area (Å²) >= 11 is 4.58. The number of ether oxygens (including phenoxy) is 1. The molecule has 0 fully saturated rings. The van der Waals surface area contributed by atoms with Gasteiger partial charge in [-0.05, 0) is 41.4 Å². The SMILES string of the molecule is CCOC(=O)C(CC)Sc1cc(N)c(F)cc1Br. The first-order chi connectivity index (χ1) is 8.49. The molecule has 0 aliphatic carbocycles. The summed E-state index contributed by atoms with van der Waals surface area (Å²) in [6.45, 7) is 4.01. The van der Waals surface area contributed by atoms with Crippen molar-refractivity contribution in [3.8, 4) is 0 Å². The molecule has 0 saturated heterocycles. The molecular weight excluding hydrogens is 321 g/mol. The van der Waals surface area contributed by atoms with Crippen LogP contribution in [-0.2, 0) is 9.53 Å². The Morgan fingerprint density at radius 2 is 2.22 bits per heavy atom. The minimum absolute atomic E-state index is 0.0689. The van der Waals surface area contributed by atoms with Gasteiger partial charge in [0, 0.05) is 9.37 Å². The lowest BCUT2D eigenvalue weighted by atomic mass is 10.3. The first-order valence-electron chi connectivity index (χ1n) is 5.57. The van der Waals surface area contributed by atoms with E-state index in [0.29, 0.717) is 17.5 Å². The molecule has 1 atom stereocenters. The highest BCUT2D eigenvalue weighted by Gasteiger charge is 2.20. The van der Waals surface area contributed by atoms with Gasteiger partial charge in [0.1, 0.15) is 11.1 Å². The molecule has 0 aliphatic rings. The lowest BCUT2D eigenvalue weighted by Crippen LogP contribution is -2.19. The van der Waals surface area contributed by atoms with Gasteiger partial charge in [0.05, 0.1) is 12.3 Å². The van der Waals surface area contributed by atoms with Crippen molar-refractivity contribution in [1.82, 2.24) is 0 Å². The third-order valence-electron chi connectivity index (χ3n) is 2.24. The topological polar surface area (TPSA) is 52.3 Å². The zero-order valence-corrected chi connectivity index (χ0v) is 12.6. The van der Waals surface area contributed by atoms with E-state index in [1.807, 2.05) is 6.92 Å². The lowest BCUT2D eigenvalue weighted by molar-refractivity contribution is -0.142. The quantitative estimate of drug-likeness (QED) is 0.507. The molecule has 0 amide bonds. The monoisotopic (exact) mass is 335 g/mol. The first-order valence-corrected chi connectivity index (χ1v) is 7.24. The molecule has 1 unspecified atom stereocenters. The third-order valence-corrected chi connectivity index (χ3v) is 4.56. The molecule has 0 aliphatic heterocycles. The molecular formula is C12H15BrFNO2S. The number of esters is 1. The second kappa shape index (κ2) is 6.99. The van der Waals surface area contributed by atoms with E-state index in [0.717, 1.165) is 4.90 Å². The first kappa shape index (κ1) is 15.3. The molecule has 0 bridgehead atoms. The molecule has 0 saturated carbocycles. The number of carbonyl (C=O) groups excluding carboxylic acids is 1. The molecule has 100 valence electrons. The number of rotatable bonds is 5. The summed E-state index contributed by atoms with van der Waals surface area (Å²) in [5.41, 5.74) is 5.59. The standard InChI is InChI=1S/C12H15BrFNO2S/c1-3-10(12(16)17-4-2)18-11-6-9(15)8(14)5-7(11)13/h5-6,10H,3-4,15H2,1-2H3. The Bertz CT molecular complexity index is 442. The van der Waals surface area contributed by atoms with E-state index in [2.05, 4.69) is 15.9 Å². The zero-order valence-electron chi connectivity index (χ0n) is 10.2. The van der Waals surface area contributed by atoms with E-state index >= 15 is 0 Å². The van der Waals surface area contributed by atoms with Crippen LogP contribution in [0, 0.1) is 5.82 Å². The number of benzene rings is 1. The number of nitrogens with two attached hydrogens (primary N) is 1. The van der Waals surface area contributed by atoms with Gasteiger partial charge in [-0.15, -0.1) is 11.8 Å². The van der Waals surface area contributed by atoms with Gasteiger partial charge in [-0.25, -0.2) is 4.39 Å². The predicted octanol–water partition coefficient (Wildman–Crippen LogP) is 3.60. The number of nitrogen functional groups attached to an aromatic ring is 1. The Labute approximate surface area is 118 Å². The highest BCUT2D eigenvalue weighted by atomic mass is 79.9.